The van der Waals surface area contributed by atoms with Crippen LogP contribution >= 0.6 is 0 Å². The number of benzene rings is 2. The molecule has 122 valence electrons. The van der Waals surface area contributed by atoms with E-state index in [9.17, 15) is 4.79 Å². The largest absolute Gasteiger partial charge is 0.469 e. The Kier molecular flexibility index (Phi) is 6.82. The highest BCUT2D eigenvalue weighted by atomic mass is 16.5. The van der Waals surface area contributed by atoms with Gasteiger partial charge in [0.15, 0.2) is 0 Å². The van der Waals surface area contributed by atoms with Crippen molar-refractivity contribution in [2.75, 3.05) is 13.7 Å². The second-order valence-corrected chi connectivity index (χ2v) is 5.80. The van der Waals surface area contributed by atoms with Gasteiger partial charge in [0.25, 0.3) is 0 Å². The molecule has 0 bridgehead atoms. The van der Waals surface area contributed by atoms with Gasteiger partial charge in [-0.3, -0.25) is 4.79 Å². The topological polar surface area (TPSA) is 35.5 Å². The second-order valence-electron chi connectivity index (χ2n) is 5.80. The van der Waals surface area contributed by atoms with E-state index in [1.807, 2.05) is 18.2 Å². The summed E-state index contributed by atoms with van der Waals surface area (Å²) in [4.78, 5) is 11.1. The van der Waals surface area contributed by atoms with E-state index >= 15 is 0 Å². The summed E-state index contributed by atoms with van der Waals surface area (Å²) < 4.78 is 10.4. The third-order valence-corrected chi connectivity index (χ3v) is 3.80. The van der Waals surface area contributed by atoms with Crippen molar-refractivity contribution in [1.82, 2.24) is 0 Å². The van der Waals surface area contributed by atoms with E-state index in [2.05, 4.69) is 48.1 Å². The van der Waals surface area contributed by atoms with Gasteiger partial charge in [0, 0.05) is 13.0 Å². The molecule has 0 N–H and O–H groups in total. The Morgan fingerprint density at radius 1 is 1.00 bits per heavy atom. The average molecular weight is 312 g/mol. The molecule has 3 heteroatoms. The minimum absolute atomic E-state index is 0.159. The first kappa shape index (κ1) is 17.2. The predicted octanol–water partition coefficient (Wildman–Crippen LogP) is 4.46. The van der Waals surface area contributed by atoms with Crippen molar-refractivity contribution in [2.45, 2.75) is 26.4 Å². The predicted molar refractivity (Wildman–Crippen MR) is 91.9 cm³/mol. The summed E-state index contributed by atoms with van der Waals surface area (Å²) in [5.41, 5.74) is 3.59. The lowest BCUT2D eigenvalue weighted by atomic mass is 10.0. The summed E-state index contributed by atoms with van der Waals surface area (Å²) >= 11 is 0. The minimum Gasteiger partial charge on any atom is -0.469 e. The summed E-state index contributed by atoms with van der Waals surface area (Å²) in [5.74, 6) is 0.186. The van der Waals surface area contributed by atoms with Crippen LogP contribution in [0, 0.1) is 5.92 Å². The van der Waals surface area contributed by atoms with Crippen LogP contribution in [0.15, 0.2) is 54.6 Å². The van der Waals surface area contributed by atoms with E-state index in [4.69, 9.17) is 4.74 Å². The molecule has 2 aromatic rings. The van der Waals surface area contributed by atoms with Gasteiger partial charge in [-0.15, -0.1) is 0 Å². The van der Waals surface area contributed by atoms with E-state index in [1.54, 1.807) is 0 Å². The Morgan fingerprint density at radius 2 is 1.65 bits per heavy atom. The number of rotatable bonds is 8. The highest BCUT2D eigenvalue weighted by molar-refractivity contribution is 5.69. The molecule has 0 amide bonds. The molecular weight excluding hydrogens is 288 g/mol. The number of esters is 1. The minimum atomic E-state index is -0.159. The lowest BCUT2D eigenvalue weighted by Gasteiger charge is -2.11. The molecule has 0 fully saturated rings. The standard InChI is InChI=1S/C20H24O3/c1-16(8-13-20(21)22-2)14-23-15-17-9-11-19(12-10-17)18-6-4-3-5-7-18/h3-7,9-12,16H,8,13-15H2,1-2H3. The van der Waals surface area contributed by atoms with Gasteiger partial charge in [0.1, 0.15) is 0 Å². The van der Waals surface area contributed by atoms with Gasteiger partial charge in [0.2, 0.25) is 0 Å². The molecule has 0 aliphatic carbocycles. The maximum Gasteiger partial charge on any atom is 0.305 e. The normalized spacial score (nSPS) is 11.9. The van der Waals surface area contributed by atoms with Crippen LogP contribution in [-0.2, 0) is 20.9 Å². The number of hydrogen-bond acceptors (Lipinski definition) is 3. The Labute approximate surface area is 138 Å². The highest BCUT2D eigenvalue weighted by Gasteiger charge is 2.07. The van der Waals surface area contributed by atoms with Gasteiger partial charge in [-0.2, -0.15) is 0 Å². The number of carbonyl (C=O) groups is 1. The molecule has 0 aliphatic rings. The quantitative estimate of drug-likeness (QED) is 0.675. The first-order valence-corrected chi connectivity index (χ1v) is 7.98. The third-order valence-electron chi connectivity index (χ3n) is 3.80. The smallest absolute Gasteiger partial charge is 0.305 e. The molecule has 23 heavy (non-hydrogen) atoms. The molecule has 0 spiro atoms. The van der Waals surface area contributed by atoms with Crippen LogP contribution in [0.5, 0.6) is 0 Å². The zero-order valence-corrected chi connectivity index (χ0v) is 13.8. The Morgan fingerprint density at radius 3 is 2.30 bits per heavy atom. The number of methoxy groups -OCH3 is 1. The first-order chi connectivity index (χ1) is 11.2. The molecule has 0 aromatic heterocycles. The fourth-order valence-corrected chi connectivity index (χ4v) is 2.35. The molecule has 3 nitrogen and oxygen atoms in total. The SMILES string of the molecule is COC(=O)CCC(C)COCc1ccc(-c2ccccc2)cc1. The fraction of sp³-hybridized carbons (Fsp3) is 0.350. The second kappa shape index (κ2) is 9.11. The number of carbonyl (C=O) groups excluding carboxylic acids is 1. The van der Waals surface area contributed by atoms with Crippen LogP contribution in [0.4, 0.5) is 0 Å². The fourth-order valence-electron chi connectivity index (χ4n) is 2.35. The Balaban J connectivity index is 1.75. The summed E-state index contributed by atoms with van der Waals surface area (Å²) in [6.07, 6.45) is 1.24. The summed E-state index contributed by atoms with van der Waals surface area (Å²) in [5, 5.41) is 0. The highest BCUT2D eigenvalue weighted by Crippen LogP contribution is 2.19. The van der Waals surface area contributed by atoms with Crippen molar-refractivity contribution in [2.24, 2.45) is 5.92 Å². The summed E-state index contributed by atoms with van der Waals surface area (Å²) in [7, 11) is 1.42. The summed E-state index contributed by atoms with van der Waals surface area (Å²) in [6.45, 7) is 3.33. The van der Waals surface area contributed by atoms with Crippen molar-refractivity contribution in [1.29, 1.82) is 0 Å². The molecule has 0 aliphatic heterocycles. The maximum atomic E-state index is 11.1. The van der Waals surface area contributed by atoms with Crippen LogP contribution in [-0.4, -0.2) is 19.7 Å². The van der Waals surface area contributed by atoms with Crippen molar-refractivity contribution in [3.05, 3.63) is 60.2 Å². The van der Waals surface area contributed by atoms with Gasteiger partial charge in [0.05, 0.1) is 13.7 Å². The molecule has 1 atom stereocenters. The first-order valence-electron chi connectivity index (χ1n) is 7.98. The van der Waals surface area contributed by atoms with E-state index in [0.717, 1.165) is 12.0 Å². The van der Waals surface area contributed by atoms with E-state index in [-0.39, 0.29) is 5.97 Å². The van der Waals surface area contributed by atoms with Crippen LogP contribution in [0.2, 0.25) is 0 Å². The van der Waals surface area contributed by atoms with Crippen LogP contribution in [0.3, 0.4) is 0 Å². The molecule has 0 radical (unpaired) electrons. The Hall–Kier alpha value is -2.13. The van der Waals surface area contributed by atoms with Gasteiger partial charge >= 0.3 is 5.97 Å². The third kappa shape index (κ3) is 5.87. The van der Waals surface area contributed by atoms with Crippen molar-refractivity contribution in [3.63, 3.8) is 0 Å². The van der Waals surface area contributed by atoms with Gasteiger partial charge in [-0.1, -0.05) is 61.5 Å². The molecule has 1 unspecified atom stereocenters. The molecule has 0 saturated heterocycles. The molecule has 0 heterocycles. The average Bonchev–Trinajstić information content (AvgIpc) is 2.61. The number of hydrogen-bond donors (Lipinski definition) is 0. The van der Waals surface area contributed by atoms with Crippen molar-refractivity contribution >= 4 is 5.97 Å². The molecule has 2 aromatic carbocycles. The molecule has 0 saturated carbocycles. The zero-order chi connectivity index (χ0) is 16.5. The number of ether oxygens (including phenoxy) is 2. The lowest BCUT2D eigenvalue weighted by molar-refractivity contribution is -0.141. The van der Waals surface area contributed by atoms with E-state index in [1.165, 1.54) is 18.2 Å². The van der Waals surface area contributed by atoms with Crippen molar-refractivity contribution < 1.29 is 14.3 Å². The van der Waals surface area contributed by atoms with Crippen LogP contribution < -0.4 is 0 Å². The lowest BCUT2D eigenvalue weighted by Crippen LogP contribution is -2.09. The van der Waals surface area contributed by atoms with Gasteiger partial charge in [-0.05, 0) is 29.0 Å². The zero-order valence-electron chi connectivity index (χ0n) is 13.8. The molecule has 2 rings (SSSR count). The maximum absolute atomic E-state index is 11.1. The van der Waals surface area contributed by atoms with Gasteiger partial charge in [-0.25, -0.2) is 0 Å². The van der Waals surface area contributed by atoms with Crippen LogP contribution in [0.1, 0.15) is 25.3 Å². The molecular formula is C20H24O3. The Bertz CT molecular complexity index is 590. The monoisotopic (exact) mass is 312 g/mol. The van der Waals surface area contributed by atoms with Crippen molar-refractivity contribution in [3.8, 4) is 11.1 Å². The van der Waals surface area contributed by atoms with Gasteiger partial charge < -0.3 is 9.47 Å². The van der Waals surface area contributed by atoms with E-state index < -0.39 is 0 Å². The summed E-state index contributed by atoms with van der Waals surface area (Å²) in [6, 6.07) is 18.8. The van der Waals surface area contributed by atoms with E-state index in [0.29, 0.717) is 25.6 Å². The van der Waals surface area contributed by atoms with Crippen LogP contribution in [0.25, 0.3) is 11.1 Å².